The summed E-state index contributed by atoms with van der Waals surface area (Å²) in [7, 11) is 0. The number of carbonyl (C=O) groups excluding carboxylic acids is 2. The largest absolute Gasteiger partial charge is 0.392 e. The molecule has 1 aliphatic rings. The third-order valence-corrected chi connectivity index (χ3v) is 5.80. The Labute approximate surface area is 169 Å². The Morgan fingerprint density at radius 2 is 1.96 bits per heavy atom. The van der Waals surface area contributed by atoms with Crippen LogP contribution >= 0.6 is 0 Å². The lowest BCUT2D eigenvalue weighted by atomic mass is 9.87. The normalized spacial score (nSPS) is 24.6. The molecule has 0 aromatic rings. The average molecular weight is 395 g/mol. The van der Waals surface area contributed by atoms with Crippen LogP contribution in [-0.4, -0.2) is 45.2 Å². The second-order valence-electron chi connectivity index (χ2n) is 8.11. The highest BCUT2D eigenvalue weighted by Gasteiger charge is 2.39. The molecule has 0 radical (unpaired) electrons. The molecule has 0 bridgehead atoms. The summed E-state index contributed by atoms with van der Waals surface area (Å²) >= 11 is 0. The van der Waals surface area contributed by atoms with Crippen molar-refractivity contribution in [1.82, 2.24) is 0 Å². The Balaban J connectivity index is 2.48. The fourth-order valence-electron chi connectivity index (χ4n) is 3.91. The van der Waals surface area contributed by atoms with Crippen LogP contribution in [-0.2, 0) is 9.59 Å². The summed E-state index contributed by atoms with van der Waals surface area (Å²) in [6, 6.07) is 0. The molecular weight excluding hydrogens is 356 g/mol. The van der Waals surface area contributed by atoms with Crippen molar-refractivity contribution < 1.29 is 24.9 Å². The van der Waals surface area contributed by atoms with E-state index in [4.69, 9.17) is 5.11 Å². The summed E-state index contributed by atoms with van der Waals surface area (Å²) in [5.74, 6) is -0.373. The highest BCUT2D eigenvalue weighted by atomic mass is 16.3. The van der Waals surface area contributed by atoms with Crippen molar-refractivity contribution in [2.24, 2.45) is 11.8 Å². The second-order valence-corrected chi connectivity index (χ2v) is 8.11. The van der Waals surface area contributed by atoms with Gasteiger partial charge in [0.25, 0.3) is 0 Å². The van der Waals surface area contributed by atoms with Gasteiger partial charge in [-0.3, -0.25) is 9.59 Å². The number of carbonyl (C=O) groups is 2. The maximum Gasteiger partial charge on any atom is 0.158 e. The van der Waals surface area contributed by atoms with Crippen LogP contribution in [0.1, 0.15) is 77.6 Å². The molecule has 4 atom stereocenters. The first-order valence-corrected chi connectivity index (χ1v) is 10.7. The lowest BCUT2D eigenvalue weighted by Gasteiger charge is -2.23. The molecule has 28 heavy (non-hydrogen) atoms. The lowest BCUT2D eigenvalue weighted by Crippen LogP contribution is -2.25. The number of hydrogen-bond acceptors (Lipinski definition) is 5. The predicted octanol–water partition coefficient (Wildman–Crippen LogP) is 3.51. The van der Waals surface area contributed by atoms with Gasteiger partial charge in [0.1, 0.15) is 12.4 Å². The van der Waals surface area contributed by atoms with E-state index in [-0.39, 0.29) is 36.4 Å². The zero-order chi connectivity index (χ0) is 21.0. The van der Waals surface area contributed by atoms with Gasteiger partial charge in [-0.25, -0.2) is 0 Å². The molecule has 1 saturated carbocycles. The monoisotopic (exact) mass is 394 g/mol. The molecule has 0 aliphatic heterocycles. The minimum Gasteiger partial charge on any atom is -0.392 e. The molecule has 1 rings (SSSR count). The third-order valence-electron chi connectivity index (χ3n) is 5.80. The molecule has 0 heterocycles. The van der Waals surface area contributed by atoms with Crippen molar-refractivity contribution in [1.29, 1.82) is 0 Å². The van der Waals surface area contributed by atoms with Gasteiger partial charge in [-0.2, -0.15) is 0 Å². The van der Waals surface area contributed by atoms with E-state index in [1.807, 2.05) is 12.2 Å². The van der Waals surface area contributed by atoms with Crippen LogP contribution in [0.2, 0.25) is 0 Å². The van der Waals surface area contributed by atoms with Gasteiger partial charge in [0.05, 0.1) is 11.7 Å². The number of aliphatic hydroxyl groups excluding tert-OH is 2. The number of Topliss-reactive ketones (excluding diaryl/α,β-unsaturated/α-hetero) is 2. The summed E-state index contributed by atoms with van der Waals surface area (Å²) in [4.78, 5) is 23.3. The second kappa shape index (κ2) is 13.0. The van der Waals surface area contributed by atoms with Crippen LogP contribution in [0.5, 0.6) is 0 Å². The summed E-state index contributed by atoms with van der Waals surface area (Å²) in [5, 5.41) is 29.5. The zero-order valence-corrected chi connectivity index (χ0v) is 17.3. The van der Waals surface area contributed by atoms with Gasteiger partial charge >= 0.3 is 0 Å². The standard InChI is InChI=1S/C23H38O5/c1-3-5-14-23(28,4-2)15-10-13-20-19(21(26)16-22(20)27)12-9-7-6-8-11-18(25)17-24/h4,10,13,19-20,22,24,27-28H,2-3,5-9,11-12,14-17H2,1H3/t19-,20-,22-,23?/m1/s1. The summed E-state index contributed by atoms with van der Waals surface area (Å²) in [6.07, 6.45) is 12.6. The van der Waals surface area contributed by atoms with Crippen LogP contribution in [0.3, 0.4) is 0 Å². The Hall–Kier alpha value is -1.30. The van der Waals surface area contributed by atoms with Gasteiger partial charge in [0.2, 0.25) is 0 Å². The van der Waals surface area contributed by atoms with E-state index >= 15 is 0 Å². The van der Waals surface area contributed by atoms with E-state index in [1.54, 1.807) is 6.08 Å². The van der Waals surface area contributed by atoms with E-state index in [9.17, 15) is 19.8 Å². The van der Waals surface area contributed by atoms with E-state index in [2.05, 4.69) is 13.5 Å². The highest BCUT2D eigenvalue weighted by Crippen LogP contribution is 2.35. The first kappa shape index (κ1) is 24.7. The molecule has 1 fully saturated rings. The molecule has 160 valence electrons. The minimum absolute atomic E-state index is 0.113. The van der Waals surface area contributed by atoms with E-state index in [0.717, 1.165) is 44.9 Å². The molecule has 5 nitrogen and oxygen atoms in total. The van der Waals surface area contributed by atoms with E-state index in [1.165, 1.54) is 0 Å². The van der Waals surface area contributed by atoms with Gasteiger partial charge < -0.3 is 15.3 Å². The van der Waals surface area contributed by atoms with Gasteiger partial charge in [0.15, 0.2) is 5.78 Å². The summed E-state index contributed by atoms with van der Waals surface area (Å²) < 4.78 is 0. The Morgan fingerprint density at radius 1 is 1.25 bits per heavy atom. The zero-order valence-electron chi connectivity index (χ0n) is 17.3. The first-order chi connectivity index (χ1) is 13.4. The molecule has 5 heteroatoms. The van der Waals surface area contributed by atoms with Crippen molar-refractivity contribution in [3.63, 3.8) is 0 Å². The van der Waals surface area contributed by atoms with Crippen LogP contribution in [0.4, 0.5) is 0 Å². The maximum atomic E-state index is 12.3. The van der Waals surface area contributed by atoms with Crippen molar-refractivity contribution in [2.45, 2.75) is 89.3 Å². The molecular formula is C23H38O5. The Kier molecular flexibility index (Phi) is 11.5. The lowest BCUT2D eigenvalue weighted by molar-refractivity contribution is -0.122. The smallest absolute Gasteiger partial charge is 0.158 e. The Morgan fingerprint density at radius 3 is 2.61 bits per heavy atom. The highest BCUT2D eigenvalue weighted by molar-refractivity contribution is 5.84. The summed E-state index contributed by atoms with van der Waals surface area (Å²) in [5.41, 5.74) is -0.929. The van der Waals surface area contributed by atoms with Crippen LogP contribution < -0.4 is 0 Å². The van der Waals surface area contributed by atoms with Crippen molar-refractivity contribution in [3.8, 4) is 0 Å². The fourth-order valence-corrected chi connectivity index (χ4v) is 3.91. The Bertz CT molecular complexity index is 527. The van der Waals surface area contributed by atoms with Crippen LogP contribution in [0.25, 0.3) is 0 Å². The molecule has 0 amide bonds. The van der Waals surface area contributed by atoms with Gasteiger partial charge in [0, 0.05) is 24.7 Å². The SMILES string of the molecule is C=CC(O)(CC=C[C@H]1[C@H](O)CC(=O)[C@@H]1CCCCCCC(=O)CO)CCCC. The van der Waals surface area contributed by atoms with Crippen LogP contribution in [0.15, 0.2) is 24.8 Å². The molecule has 0 spiro atoms. The average Bonchev–Trinajstić information content (AvgIpc) is 2.95. The predicted molar refractivity (Wildman–Crippen MR) is 111 cm³/mol. The van der Waals surface area contributed by atoms with E-state index < -0.39 is 11.7 Å². The molecule has 1 unspecified atom stereocenters. The van der Waals surface area contributed by atoms with Gasteiger partial charge in [-0.15, -0.1) is 6.58 Å². The van der Waals surface area contributed by atoms with Gasteiger partial charge in [-0.05, 0) is 25.7 Å². The third kappa shape index (κ3) is 8.38. The molecule has 0 aromatic heterocycles. The minimum atomic E-state index is -0.929. The number of rotatable bonds is 15. The molecule has 0 aromatic carbocycles. The number of unbranched alkanes of at least 4 members (excludes halogenated alkanes) is 4. The molecule has 1 aliphatic carbocycles. The van der Waals surface area contributed by atoms with Crippen LogP contribution in [0, 0.1) is 11.8 Å². The molecule has 0 saturated heterocycles. The van der Waals surface area contributed by atoms with Gasteiger partial charge in [-0.1, -0.05) is 57.3 Å². The topological polar surface area (TPSA) is 94.8 Å². The van der Waals surface area contributed by atoms with Crippen molar-refractivity contribution >= 4 is 11.6 Å². The maximum absolute atomic E-state index is 12.3. The van der Waals surface area contributed by atoms with Crippen molar-refractivity contribution in [3.05, 3.63) is 24.8 Å². The fraction of sp³-hybridized carbons (Fsp3) is 0.739. The van der Waals surface area contributed by atoms with Crippen molar-refractivity contribution in [2.75, 3.05) is 6.61 Å². The molecule has 3 N–H and O–H groups in total. The van der Waals surface area contributed by atoms with E-state index in [0.29, 0.717) is 19.3 Å². The number of hydrogen-bond donors (Lipinski definition) is 3. The number of aliphatic hydroxyl groups is 3. The number of ketones is 2. The first-order valence-electron chi connectivity index (χ1n) is 10.7. The summed E-state index contributed by atoms with van der Waals surface area (Å²) in [6.45, 7) is 5.43. The quantitative estimate of drug-likeness (QED) is 0.292.